The van der Waals surface area contributed by atoms with Crippen molar-refractivity contribution in [2.75, 3.05) is 17.9 Å². The number of hydrogen-bond donors (Lipinski definition) is 2. The molecule has 172 valence electrons. The van der Waals surface area contributed by atoms with E-state index in [1.54, 1.807) is 13.2 Å². The minimum absolute atomic E-state index is 0.145. The maximum absolute atomic E-state index is 13.4. The first-order valence-corrected chi connectivity index (χ1v) is 11.9. The van der Waals surface area contributed by atoms with Crippen LogP contribution in [0.1, 0.15) is 17.2 Å². The number of aromatic nitrogens is 3. The molecule has 0 spiro atoms. The Balaban J connectivity index is 1.52. The van der Waals surface area contributed by atoms with Gasteiger partial charge in [-0.05, 0) is 36.8 Å². The van der Waals surface area contributed by atoms with Crippen LogP contribution in [0.25, 0.3) is 11.4 Å². The van der Waals surface area contributed by atoms with E-state index in [4.69, 9.17) is 16.3 Å². The molecule has 2 atom stereocenters. The van der Waals surface area contributed by atoms with Crippen LogP contribution < -0.4 is 15.5 Å². The molecule has 7 nitrogen and oxygen atoms in total. The molecule has 2 heterocycles. The molecule has 3 aromatic carbocycles. The third-order valence-electron chi connectivity index (χ3n) is 5.58. The molecule has 4 aromatic rings. The van der Waals surface area contributed by atoms with Gasteiger partial charge in [-0.2, -0.15) is 0 Å². The van der Waals surface area contributed by atoms with Gasteiger partial charge in [-0.1, -0.05) is 77.5 Å². The van der Waals surface area contributed by atoms with E-state index in [1.165, 1.54) is 11.8 Å². The van der Waals surface area contributed by atoms with Gasteiger partial charge in [0.25, 0.3) is 0 Å². The van der Waals surface area contributed by atoms with E-state index in [0.717, 1.165) is 22.4 Å². The Morgan fingerprint density at radius 3 is 2.56 bits per heavy atom. The molecule has 0 aliphatic carbocycles. The Labute approximate surface area is 206 Å². The van der Waals surface area contributed by atoms with E-state index >= 15 is 0 Å². The predicted octanol–water partition coefficient (Wildman–Crippen LogP) is 5.31. The number of fused-ring (bicyclic) bond motifs is 1. The molecule has 0 bridgehead atoms. The van der Waals surface area contributed by atoms with Crippen molar-refractivity contribution in [1.82, 2.24) is 14.9 Å². The van der Waals surface area contributed by atoms with Crippen LogP contribution in [-0.4, -0.2) is 33.1 Å². The number of halogens is 1. The molecule has 1 aromatic heterocycles. The Kier molecular flexibility index (Phi) is 6.17. The molecule has 0 saturated heterocycles. The lowest BCUT2D eigenvalue weighted by molar-refractivity contribution is -0.116. The van der Waals surface area contributed by atoms with Gasteiger partial charge in [0.1, 0.15) is 11.0 Å². The summed E-state index contributed by atoms with van der Waals surface area (Å²) in [5, 5.41) is 12.3. The monoisotopic (exact) mass is 491 g/mol. The van der Waals surface area contributed by atoms with Crippen molar-refractivity contribution in [3.05, 3.63) is 88.9 Å². The van der Waals surface area contributed by atoms with Gasteiger partial charge in [-0.15, -0.1) is 10.2 Å². The molecule has 1 aliphatic heterocycles. The molecule has 9 heteroatoms. The zero-order valence-electron chi connectivity index (χ0n) is 18.5. The summed E-state index contributed by atoms with van der Waals surface area (Å²) in [5.41, 5.74) is 7.09. The van der Waals surface area contributed by atoms with Crippen LogP contribution >= 0.6 is 23.4 Å². The SMILES string of the molecule is COc1ccc(C2Nn3c(nnc3-c3ccccc3)SC2C(=O)Nc2ccc(C)cc2)cc1Cl. The predicted molar refractivity (Wildman–Crippen MR) is 135 cm³/mol. The van der Waals surface area contributed by atoms with E-state index in [9.17, 15) is 4.79 Å². The molecule has 5 rings (SSSR count). The van der Waals surface area contributed by atoms with Crippen LogP contribution in [0.2, 0.25) is 5.02 Å². The average Bonchev–Trinajstić information content (AvgIpc) is 3.28. The molecule has 0 fully saturated rings. The van der Waals surface area contributed by atoms with Gasteiger partial charge < -0.3 is 15.5 Å². The van der Waals surface area contributed by atoms with E-state index in [2.05, 4.69) is 20.9 Å². The third kappa shape index (κ3) is 4.34. The van der Waals surface area contributed by atoms with Crippen molar-refractivity contribution in [3.63, 3.8) is 0 Å². The summed E-state index contributed by atoms with van der Waals surface area (Å²) in [6.45, 7) is 2.01. The van der Waals surface area contributed by atoms with Crippen molar-refractivity contribution in [3.8, 4) is 17.1 Å². The minimum Gasteiger partial charge on any atom is -0.495 e. The lowest BCUT2D eigenvalue weighted by Gasteiger charge is -2.33. The number of hydrogen-bond acceptors (Lipinski definition) is 6. The fourth-order valence-electron chi connectivity index (χ4n) is 3.81. The van der Waals surface area contributed by atoms with Crippen LogP contribution in [0.3, 0.4) is 0 Å². The number of thioether (sulfide) groups is 1. The molecule has 1 amide bonds. The first kappa shape index (κ1) is 22.3. The molecule has 2 N–H and O–H groups in total. The summed E-state index contributed by atoms with van der Waals surface area (Å²) in [6.07, 6.45) is 0. The second-order valence-corrected chi connectivity index (χ2v) is 9.42. The highest BCUT2D eigenvalue weighted by atomic mass is 35.5. The topological polar surface area (TPSA) is 81.1 Å². The maximum Gasteiger partial charge on any atom is 0.240 e. The van der Waals surface area contributed by atoms with E-state index in [1.807, 2.05) is 78.3 Å². The molecule has 0 saturated carbocycles. The first-order chi connectivity index (χ1) is 16.5. The van der Waals surface area contributed by atoms with Gasteiger partial charge in [-0.3, -0.25) is 4.79 Å². The second-order valence-electron chi connectivity index (χ2n) is 7.90. The third-order valence-corrected chi connectivity index (χ3v) is 7.09. The Morgan fingerprint density at radius 2 is 1.85 bits per heavy atom. The number of rotatable bonds is 5. The summed E-state index contributed by atoms with van der Waals surface area (Å²) < 4.78 is 7.14. The Hall–Kier alpha value is -3.49. The molecule has 0 radical (unpaired) electrons. The summed E-state index contributed by atoms with van der Waals surface area (Å²) >= 11 is 7.80. The van der Waals surface area contributed by atoms with Crippen LogP contribution in [0, 0.1) is 6.92 Å². The highest BCUT2D eigenvalue weighted by Gasteiger charge is 2.38. The molecular weight excluding hydrogens is 470 g/mol. The molecular formula is C25H22ClN5O2S. The standard InChI is InChI=1S/C25H22ClN5O2S/c1-15-8-11-18(12-9-15)27-24(32)22-21(17-10-13-20(33-2)19(26)14-17)30-31-23(28-29-25(31)34-22)16-6-4-3-5-7-16/h3-14,21-22,30H,1-2H3,(H,27,32). The van der Waals surface area contributed by atoms with Gasteiger partial charge >= 0.3 is 0 Å². The van der Waals surface area contributed by atoms with Gasteiger partial charge in [0.05, 0.1) is 18.2 Å². The van der Waals surface area contributed by atoms with E-state index < -0.39 is 11.3 Å². The number of nitrogens with one attached hydrogen (secondary N) is 2. The van der Waals surface area contributed by atoms with E-state index in [0.29, 0.717) is 21.8 Å². The van der Waals surface area contributed by atoms with Crippen LogP contribution in [0.5, 0.6) is 5.75 Å². The normalized spacial score (nSPS) is 16.9. The van der Waals surface area contributed by atoms with Crippen molar-refractivity contribution in [2.24, 2.45) is 0 Å². The number of benzene rings is 3. The zero-order valence-corrected chi connectivity index (χ0v) is 20.1. The Morgan fingerprint density at radius 1 is 1.09 bits per heavy atom. The number of amides is 1. The largest absolute Gasteiger partial charge is 0.495 e. The first-order valence-electron chi connectivity index (χ1n) is 10.7. The lowest BCUT2D eigenvalue weighted by atomic mass is 10.0. The number of nitrogens with zero attached hydrogens (tertiary/aromatic N) is 3. The van der Waals surface area contributed by atoms with Crippen molar-refractivity contribution in [2.45, 2.75) is 23.4 Å². The Bertz CT molecular complexity index is 1330. The van der Waals surface area contributed by atoms with Crippen molar-refractivity contribution in [1.29, 1.82) is 0 Å². The van der Waals surface area contributed by atoms with Gasteiger partial charge in [-0.25, -0.2) is 4.68 Å². The van der Waals surface area contributed by atoms with Crippen LogP contribution in [0.4, 0.5) is 5.69 Å². The van der Waals surface area contributed by atoms with Crippen molar-refractivity contribution < 1.29 is 9.53 Å². The fraction of sp³-hybridized carbons (Fsp3) is 0.160. The van der Waals surface area contributed by atoms with Gasteiger partial charge in [0.2, 0.25) is 11.1 Å². The number of aryl methyl sites for hydroxylation is 1. The molecule has 2 unspecified atom stereocenters. The summed E-state index contributed by atoms with van der Waals surface area (Å²) in [4.78, 5) is 13.4. The van der Waals surface area contributed by atoms with Crippen molar-refractivity contribution >= 4 is 35.0 Å². The zero-order chi connectivity index (χ0) is 23.7. The van der Waals surface area contributed by atoms with E-state index in [-0.39, 0.29) is 5.91 Å². The number of methoxy groups -OCH3 is 1. The lowest BCUT2D eigenvalue weighted by Crippen LogP contribution is -2.41. The number of carbonyl (C=O) groups is 1. The number of anilines is 1. The van der Waals surface area contributed by atoms with Crippen LogP contribution in [0.15, 0.2) is 78.0 Å². The minimum atomic E-state index is -0.522. The fourth-order valence-corrected chi connectivity index (χ4v) is 5.15. The summed E-state index contributed by atoms with van der Waals surface area (Å²) in [6, 6.07) is 22.6. The average molecular weight is 492 g/mol. The maximum atomic E-state index is 13.4. The van der Waals surface area contributed by atoms with Gasteiger partial charge in [0, 0.05) is 11.3 Å². The van der Waals surface area contributed by atoms with Gasteiger partial charge in [0.15, 0.2) is 5.82 Å². The number of ether oxygens (including phenoxy) is 1. The second kappa shape index (κ2) is 9.40. The highest BCUT2D eigenvalue weighted by Crippen LogP contribution is 2.40. The summed E-state index contributed by atoms with van der Waals surface area (Å²) in [7, 11) is 1.57. The molecule has 34 heavy (non-hydrogen) atoms. The quantitative estimate of drug-likeness (QED) is 0.393. The highest BCUT2D eigenvalue weighted by molar-refractivity contribution is 8.00. The smallest absolute Gasteiger partial charge is 0.240 e. The summed E-state index contributed by atoms with van der Waals surface area (Å²) in [5.74, 6) is 1.10. The molecule has 1 aliphatic rings. The number of carbonyl (C=O) groups excluding carboxylic acids is 1. The van der Waals surface area contributed by atoms with Crippen LogP contribution in [-0.2, 0) is 4.79 Å².